The molecule has 4 saturated carbocycles. The maximum atomic E-state index is 13.1. The van der Waals surface area contributed by atoms with Crippen LogP contribution in [0, 0.1) is 27.7 Å². The number of hydrogen-bond donors (Lipinski definition) is 4. The topological polar surface area (TPSA) is 358 Å². The van der Waals surface area contributed by atoms with Gasteiger partial charge in [-0.15, -0.1) is 0 Å². The number of nitrogens with one attached hydrogen (secondary N) is 2. The third-order valence-corrected chi connectivity index (χ3v) is 42.1. The van der Waals surface area contributed by atoms with Crippen molar-refractivity contribution in [1.82, 2.24) is 53.0 Å². The molecular weight excluding hydrogens is 1450 g/mol. The second kappa shape index (κ2) is 28.6. The monoisotopic (exact) mass is 1570 g/mol. The van der Waals surface area contributed by atoms with E-state index < -0.39 is 107 Å². The zero-order valence-corrected chi connectivity index (χ0v) is 69.7. The highest BCUT2D eigenvalue weighted by Gasteiger charge is 2.82. The summed E-state index contributed by atoms with van der Waals surface area (Å²) in [5.74, 6) is 0.732. The number of anilines is 1. The van der Waals surface area contributed by atoms with E-state index in [1.807, 2.05) is 20.8 Å². The lowest BCUT2D eigenvalue weighted by atomic mass is 9.88. The molecular formula is C76H116N12O18Si3. The molecule has 0 amide bonds. The average Bonchev–Trinajstić information content (AvgIpc) is 1.52. The van der Waals surface area contributed by atoms with Crippen molar-refractivity contribution in [3.8, 4) is 5.82 Å². The maximum absolute atomic E-state index is 13.1. The SMILES string of the molecule is CC[C@]12O[C@@H](n3cc(C)c(-n4cncn4)nc3=O)C(OC13CC3)[C@H]2O[Si](CC)(CC)CC.CC[C@]12O[C@@H](n3cc(C)c(=O)[nH]c3=O)C(OC13CC3)[C@H]2O.CC[C@]12O[C@@H](n3cc(C)c(=O)[nH]c3=O)C(OC13CC3)[C@H]2O[Si](CC)(CC)CC.CC[C@]12O[C@@H](n3cc(C)c(N)nc3=O)C(OC13CC3)[C@H]2O[Si](CC)(CC)CC. The van der Waals surface area contributed by atoms with E-state index in [0.29, 0.717) is 23.4 Å². The first-order chi connectivity index (χ1) is 51.9. The maximum Gasteiger partial charge on any atom is 0.351 e. The Morgan fingerprint density at radius 2 is 0.752 bits per heavy atom. The Kier molecular flexibility index (Phi) is 21.0. The average molecular weight is 1570 g/mol. The number of nitrogens with two attached hydrogens (primary N) is 1. The van der Waals surface area contributed by atoms with Crippen molar-refractivity contribution < 1.29 is 56.3 Å². The van der Waals surface area contributed by atoms with Gasteiger partial charge in [-0.3, -0.25) is 37.8 Å². The van der Waals surface area contributed by atoms with Gasteiger partial charge in [-0.25, -0.2) is 28.8 Å². The van der Waals surface area contributed by atoms with E-state index in [-0.39, 0.29) is 76.1 Å². The van der Waals surface area contributed by atoms with Crippen LogP contribution in [-0.4, -0.2) is 177 Å². The highest BCUT2D eigenvalue weighted by molar-refractivity contribution is 6.74. The molecule has 30 nitrogen and oxygen atoms in total. The molecule has 8 bridgehead atoms. The van der Waals surface area contributed by atoms with Crippen LogP contribution in [0.5, 0.6) is 0 Å². The molecule has 109 heavy (non-hydrogen) atoms. The van der Waals surface area contributed by atoms with Gasteiger partial charge in [0, 0.05) is 47.0 Å². The molecule has 33 heteroatoms. The molecule has 5 aromatic heterocycles. The molecule has 12 aliphatic rings. The van der Waals surface area contributed by atoms with Crippen molar-refractivity contribution in [1.29, 1.82) is 0 Å². The van der Waals surface area contributed by atoms with Crippen molar-refractivity contribution >= 4 is 30.8 Å². The van der Waals surface area contributed by atoms with Crippen molar-refractivity contribution in [3.05, 3.63) is 122 Å². The number of H-pyrrole nitrogens is 2. The molecule has 16 atom stereocenters. The van der Waals surface area contributed by atoms with Gasteiger partial charge in [-0.05, 0) is 159 Å². The fourth-order valence-electron chi connectivity index (χ4n) is 20.3. The summed E-state index contributed by atoms with van der Waals surface area (Å²) < 4.78 is 80.5. The summed E-state index contributed by atoms with van der Waals surface area (Å²) in [6, 6.07) is 9.57. The second-order valence-corrected chi connectivity index (χ2v) is 47.0. The number of fused-ring (bicyclic) bond motifs is 12. The summed E-state index contributed by atoms with van der Waals surface area (Å²) in [6.07, 6.45) is 15.1. The zero-order chi connectivity index (χ0) is 78.4. The number of aromatic nitrogens is 11. The van der Waals surface area contributed by atoms with Gasteiger partial charge in [-0.2, -0.15) is 15.1 Å². The van der Waals surface area contributed by atoms with E-state index in [1.54, 1.807) is 41.6 Å². The van der Waals surface area contributed by atoms with E-state index in [1.165, 1.54) is 32.7 Å². The lowest BCUT2D eigenvalue weighted by molar-refractivity contribution is -0.226. The number of aliphatic hydroxyl groups excluding tert-OH is 1. The molecule has 17 rings (SSSR count). The van der Waals surface area contributed by atoms with Gasteiger partial charge in [0.15, 0.2) is 55.7 Å². The van der Waals surface area contributed by atoms with Crippen LogP contribution in [0.3, 0.4) is 0 Å². The largest absolute Gasteiger partial charge is 0.408 e. The number of nitrogens with zero attached hydrogens (tertiary/aromatic N) is 9. The highest BCUT2D eigenvalue weighted by Crippen LogP contribution is 2.70. The summed E-state index contributed by atoms with van der Waals surface area (Å²) in [7, 11) is -5.67. The normalized spacial score (nSPS) is 33.4. The van der Waals surface area contributed by atoms with Crippen LogP contribution >= 0.6 is 0 Å². The quantitative estimate of drug-likeness (QED) is 0.0419. The standard InChI is InChI=1S/C22H33N5O4Si.C20H33N3O4Si.C20H32N2O5Si.C14H18N2O5/c1-6-22-17(31-32(7-2,8-3)9-4)16(29-21(22)10-11-21)19(30-22)26-12-15(5)18(25-20(26)28)27-14-23-13-24-27;1-6-20-15(27-28(7-2,8-3)9-4)14(25-19(20)10-11-19)17(26-20)23-12-13(5)16(21)22-18(23)24;1-6-20-15(27-28(7-2,8-3)9-4)14(25-19(20)10-11-19)17(26-20)22-12-13(5)16(23)21-18(22)24;1-3-14-9(17)8(20-13(14)4-5-13)11(21-14)16-6-7(2)10(18)15-12(16)19/h12-14,16-17,19H,6-11H2,1-5H3;12,14-15,17H,6-11H2,1-5H3,(H2,21,22,24);12,14-15,17H,6-11H2,1-5H3,(H,21,23,24);6,8-9,11,17H,3-5H2,1-2H3,(H,15,18,19)/t16?,17-,19-,22-;2*14?,15-,17-,20-;8?,9-,11-,14-/m1111/s1. The first-order valence-corrected chi connectivity index (χ1v) is 48.1. The molecule has 5 N–H and O–H groups in total. The van der Waals surface area contributed by atoms with E-state index >= 15 is 0 Å². The first-order valence-electron chi connectivity index (χ1n) is 40.5. The van der Waals surface area contributed by atoms with Crippen molar-refractivity contribution in [2.75, 3.05) is 5.73 Å². The molecule has 4 spiro atoms. The second-order valence-electron chi connectivity index (χ2n) is 32.8. The summed E-state index contributed by atoms with van der Waals surface area (Å²) in [6.45, 7) is 35.5. The van der Waals surface area contributed by atoms with Crippen molar-refractivity contribution in [3.63, 3.8) is 0 Å². The Labute approximate surface area is 638 Å². The van der Waals surface area contributed by atoms with Crippen molar-refractivity contribution in [2.45, 2.75) is 368 Å². The van der Waals surface area contributed by atoms with Gasteiger partial charge in [0.05, 0.1) is 0 Å². The molecule has 12 fully saturated rings. The third-order valence-electron chi connectivity index (χ3n) is 28.2. The van der Waals surface area contributed by atoms with Crippen LogP contribution in [0.1, 0.15) is 214 Å². The molecule has 4 unspecified atom stereocenters. The smallest absolute Gasteiger partial charge is 0.351 e. The van der Waals surface area contributed by atoms with Crippen LogP contribution in [0.25, 0.3) is 5.82 Å². The molecule has 13 heterocycles. The molecule has 5 aromatic rings. The molecule has 0 aromatic carbocycles. The molecule has 4 aliphatic carbocycles. The van der Waals surface area contributed by atoms with Crippen LogP contribution in [0.15, 0.2) is 66.2 Å². The minimum Gasteiger partial charge on any atom is -0.408 e. The fourth-order valence-corrected chi connectivity index (χ4v) is 28.9. The van der Waals surface area contributed by atoms with Gasteiger partial charge in [0.1, 0.15) is 112 Å². The Morgan fingerprint density at radius 3 is 1.09 bits per heavy atom. The zero-order valence-electron chi connectivity index (χ0n) is 66.7. The summed E-state index contributed by atoms with van der Waals surface area (Å²) in [4.78, 5) is 90.4. The van der Waals surface area contributed by atoms with E-state index in [4.69, 9.17) is 56.9 Å². The van der Waals surface area contributed by atoms with E-state index in [2.05, 4.69) is 113 Å². The van der Waals surface area contributed by atoms with E-state index in [0.717, 1.165) is 136 Å². The van der Waals surface area contributed by atoms with Gasteiger partial charge >= 0.3 is 22.8 Å². The predicted molar refractivity (Wildman–Crippen MR) is 410 cm³/mol. The Morgan fingerprint density at radius 1 is 0.440 bits per heavy atom. The minimum atomic E-state index is -1.91. The Balaban J connectivity index is 0.000000122. The lowest BCUT2D eigenvalue weighted by Crippen LogP contribution is -2.53. The van der Waals surface area contributed by atoms with Gasteiger partial charge in [-0.1, -0.05) is 90.0 Å². The molecule has 8 saturated heterocycles. The van der Waals surface area contributed by atoms with Gasteiger partial charge < -0.3 is 62.0 Å². The number of nitrogen functional groups attached to an aromatic ring is 1. The molecule has 600 valence electrons. The van der Waals surface area contributed by atoms with Crippen molar-refractivity contribution in [2.24, 2.45) is 0 Å². The summed E-state index contributed by atoms with van der Waals surface area (Å²) >= 11 is 0. The number of aryl methyl sites for hydroxylation is 4. The summed E-state index contributed by atoms with van der Waals surface area (Å²) in [5.41, 5.74) is 2.27. The lowest BCUT2D eigenvalue weighted by Gasteiger charge is -2.40. The fraction of sp³-hybridized carbons (Fsp3) is 0.763. The number of aliphatic hydroxyl groups is 1. The number of ether oxygens (including phenoxy) is 8. The number of rotatable bonds is 24. The summed E-state index contributed by atoms with van der Waals surface area (Å²) in [5, 5.41) is 14.7. The number of hydrogen-bond acceptors (Lipinski definition) is 23. The molecule has 8 aliphatic heterocycles. The van der Waals surface area contributed by atoms with Gasteiger partial charge in [0.2, 0.25) is 0 Å². The van der Waals surface area contributed by atoms with E-state index in [9.17, 15) is 33.9 Å². The number of aromatic amines is 2. The third kappa shape index (κ3) is 12.1. The van der Waals surface area contributed by atoms with Crippen LogP contribution < -0.4 is 39.6 Å². The predicted octanol–water partition coefficient (Wildman–Crippen LogP) is 8.92. The Bertz CT molecular complexity index is 4570. The van der Waals surface area contributed by atoms with Crippen LogP contribution in [-0.2, 0) is 51.2 Å². The van der Waals surface area contributed by atoms with Gasteiger partial charge in [0.25, 0.3) is 11.1 Å². The van der Waals surface area contributed by atoms with Crippen LogP contribution in [0.4, 0.5) is 5.82 Å². The first kappa shape index (κ1) is 79.9. The highest BCUT2D eigenvalue weighted by atomic mass is 28.4. The minimum absolute atomic E-state index is 0.138. The van der Waals surface area contributed by atoms with Crippen LogP contribution in [0.2, 0.25) is 54.4 Å². The molecule has 0 radical (unpaired) electrons. The Hall–Kier alpha value is -5.77.